The highest BCUT2D eigenvalue weighted by molar-refractivity contribution is 7.99. The molecule has 1 saturated heterocycles. The number of carboxylic acid groups (broad SMARTS) is 1. The van der Waals surface area contributed by atoms with Gasteiger partial charge >= 0.3 is 12.0 Å². The van der Waals surface area contributed by atoms with E-state index in [0.29, 0.717) is 12.8 Å². The number of carboxylic acids is 1. The standard InChI is InChI=1S/C12H20N2O3S/c1-9-7-18-6-5-14(9)11(17)13-8-12(10(15)16)3-2-4-12/h9H,2-8H2,1H3,(H,13,17)(H,15,16). The average Bonchev–Trinajstić information content (AvgIpc) is 2.27. The van der Waals surface area contributed by atoms with E-state index >= 15 is 0 Å². The molecular formula is C12H20N2O3S. The van der Waals surface area contributed by atoms with Gasteiger partial charge in [-0.2, -0.15) is 11.8 Å². The van der Waals surface area contributed by atoms with Gasteiger partial charge in [0.1, 0.15) is 0 Å². The first-order valence-corrected chi connectivity index (χ1v) is 7.56. The van der Waals surface area contributed by atoms with Gasteiger partial charge < -0.3 is 15.3 Å². The van der Waals surface area contributed by atoms with Crippen LogP contribution in [-0.4, -0.2) is 52.6 Å². The smallest absolute Gasteiger partial charge is 0.317 e. The molecule has 1 aliphatic heterocycles. The van der Waals surface area contributed by atoms with Crippen molar-refractivity contribution in [1.29, 1.82) is 0 Å². The van der Waals surface area contributed by atoms with Crippen LogP contribution < -0.4 is 5.32 Å². The van der Waals surface area contributed by atoms with Crippen molar-refractivity contribution in [1.82, 2.24) is 10.2 Å². The lowest BCUT2D eigenvalue weighted by Gasteiger charge is -2.39. The Balaban J connectivity index is 1.86. The summed E-state index contributed by atoms with van der Waals surface area (Å²) in [6, 6.07) is 0.112. The van der Waals surface area contributed by atoms with Gasteiger partial charge in [-0.15, -0.1) is 0 Å². The first kappa shape index (κ1) is 13.5. The van der Waals surface area contributed by atoms with E-state index in [9.17, 15) is 14.7 Å². The summed E-state index contributed by atoms with van der Waals surface area (Å²) in [6.07, 6.45) is 2.29. The topological polar surface area (TPSA) is 69.6 Å². The van der Waals surface area contributed by atoms with Gasteiger partial charge in [-0.1, -0.05) is 6.42 Å². The number of nitrogens with zero attached hydrogens (tertiary/aromatic N) is 1. The molecule has 2 fully saturated rings. The Hall–Kier alpha value is -0.910. The van der Waals surface area contributed by atoms with Crippen molar-refractivity contribution in [2.45, 2.75) is 32.2 Å². The van der Waals surface area contributed by atoms with E-state index < -0.39 is 11.4 Å². The Morgan fingerprint density at radius 2 is 2.22 bits per heavy atom. The van der Waals surface area contributed by atoms with E-state index in [4.69, 9.17) is 0 Å². The van der Waals surface area contributed by atoms with Gasteiger partial charge in [0.2, 0.25) is 0 Å². The fourth-order valence-corrected chi connectivity index (χ4v) is 3.46. The van der Waals surface area contributed by atoms with E-state index in [1.807, 2.05) is 23.6 Å². The minimum absolute atomic E-state index is 0.115. The van der Waals surface area contributed by atoms with Crippen molar-refractivity contribution < 1.29 is 14.7 Å². The zero-order valence-electron chi connectivity index (χ0n) is 10.6. The van der Waals surface area contributed by atoms with Gasteiger partial charge in [-0.3, -0.25) is 4.79 Å². The predicted molar refractivity (Wildman–Crippen MR) is 70.8 cm³/mol. The Labute approximate surface area is 111 Å². The summed E-state index contributed by atoms with van der Waals surface area (Å²) in [6.45, 7) is 3.04. The Kier molecular flexibility index (Phi) is 4.04. The van der Waals surface area contributed by atoms with Crippen molar-refractivity contribution in [3.63, 3.8) is 0 Å². The lowest BCUT2D eigenvalue weighted by atomic mass is 9.69. The van der Waals surface area contributed by atoms with E-state index in [-0.39, 0.29) is 18.6 Å². The summed E-state index contributed by atoms with van der Waals surface area (Å²) in [4.78, 5) is 25.0. The number of aliphatic carboxylic acids is 1. The van der Waals surface area contributed by atoms with Gasteiger partial charge in [0.15, 0.2) is 0 Å². The van der Waals surface area contributed by atoms with Crippen LogP contribution in [0.25, 0.3) is 0 Å². The number of carbonyl (C=O) groups is 2. The maximum absolute atomic E-state index is 12.0. The molecule has 102 valence electrons. The summed E-state index contributed by atoms with van der Waals surface area (Å²) < 4.78 is 0. The molecule has 0 bridgehead atoms. The number of thioether (sulfide) groups is 1. The average molecular weight is 272 g/mol. The van der Waals surface area contributed by atoms with Crippen LogP contribution in [0.15, 0.2) is 0 Å². The number of hydrogen-bond acceptors (Lipinski definition) is 3. The minimum atomic E-state index is -0.781. The lowest BCUT2D eigenvalue weighted by Crippen LogP contribution is -2.54. The van der Waals surface area contributed by atoms with Crippen LogP contribution in [0.2, 0.25) is 0 Å². The highest BCUT2D eigenvalue weighted by Gasteiger charge is 2.44. The SMILES string of the molecule is CC1CSCCN1C(=O)NCC1(C(=O)O)CCC1. The molecule has 6 heteroatoms. The third-order valence-electron chi connectivity index (χ3n) is 3.97. The molecule has 1 unspecified atom stereocenters. The molecule has 1 saturated carbocycles. The summed E-state index contributed by atoms with van der Waals surface area (Å²) >= 11 is 1.85. The van der Waals surface area contributed by atoms with Gasteiger partial charge in [0, 0.05) is 30.6 Å². The zero-order chi connectivity index (χ0) is 13.2. The molecule has 1 atom stereocenters. The number of carbonyl (C=O) groups excluding carboxylic acids is 1. The molecular weight excluding hydrogens is 252 g/mol. The van der Waals surface area contributed by atoms with Crippen molar-refractivity contribution in [3.8, 4) is 0 Å². The molecule has 2 aliphatic rings. The molecule has 0 aromatic heterocycles. The second kappa shape index (κ2) is 5.38. The van der Waals surface area contributed by atoms with Crippen molar-refractivity contribution in [2.24, 2.45) is 5.41 Å². The summed E-state index contributed by atoms with van der Waals surface area (Å²) in [5, 5.41) is 12.0. The Bertz CT molecular complexity index is 344. The van der Waals surface area contributed by atoms with E-state index in [1.165, 1.54) is 0 Å². The Morgan fingerprint density at radius 3 is 2.72 bits per heavy atom. The fraction of sp³-hybridized carbons (Fsp3) is 0.833. The molecule has 0 aromatic rings. The molecule has 18 heavy (non-hydrogen) atoms. The summed E-state index contributed by atoms with van der Waals surface area (Å²) in [5.74, 6) is 1.13. The second-order valence-electron chi connectivity index (χ2n) is 5.22. The molecule has 1 aliphatic carbocycles. The van der Waals surface area contributed by atoms with Crippen LogP contribution in [-0.2, 0) is 4.79 Å². The number of urea groups is 1. The van der Waals surface area contributed by atoms with Crippen LogP contribution in [0.4, 0.5) is 4.79 Å². The van der Waals surface area contributed by atoms with Crippen molar-refractivity contribution in [2.75, 3.05) is 24.6 Å². The molecule has 2 amide bonds. The minimum Gasteiger partial charge on any atom is -0.481 e. The molecule has 2 rings (SSSR count). The van der Waals surface area contributed by atoms with Gasteiger partial charge in [0.25, 0.3) is 0 Å². The number of hydrogen-bond donors (Lipinski definition) is 2. The molecule has 0 aromatic carbocycles. The highest BCUT2D eigenvalue weighted by Crippen LogP contribution is 2.40. The third kappa shape index (κ3) is 2.58. The van der Waals surface area contributed by atoms with Crippen LogP contribution >= 0.6 is 11.8 Å². The van der Waals surface area contributed by atoms with Crippen molar-refractivity contribution in [3.05, 3.63) is 0 Å². The molecule has 0 spiro atoms. The summed E-state index contributed by atoms with van der Waals surface area (Å²) in [7, 11) is 0. The number of rotatable bonds is 3. The quantitative estimate of drug-likeness (QED) is 0.814. The zero-order valence-corrected chi connectivity index (χ0v) is 11.5. The fourth-order valence-electron chi connectivity index (χ4n) is 2.45. The van der Waals surface area contributed by atoms with Crippen LogP contribution in [0.5, 0.6) is 0 Å². The molecule has 1 heterocycles. The second-order valence-corrected chi connectivity index (χ2v) is 6.36. The largest absolute Gasteiger partial charge is 0.481 e. The molecule has 2 N–H and O–H groups in total. The Morgan fingerprint density at radius 1 is 1.50 bits per heavy atom. The predicted octanol–water partition coefficient (Wildman–Crippen LogP) is 1.39. The highest BCUT2D eigenvalue weighted by atomic mass is 32.2. The van der Waals surface area contributed by atoms with Crippen LogP contribution in [0, 0.1) is 5.41 Å². The van der Waals surface area contributed by atoms with Crippen LogP contribution in [0.3, 0.4) is 0 Å². The molecule has 0 radical (unpaired) electrons. The van der Waals surface area contributed by atoms with Gasteiger partial charge in [0.05, 0.1) is 5.41 Å². The maximum atomic E-state index is 12.0. The third-order valence-corrected chi connectivity index (χ3v) is 5.16. The number of amides is 2. The molecule has 5 nitrogen and oxygen atoms in total. The van der Waals surface area contributed by atoms with Crippen molar-refractivity contribution >= 4 is 23.8 Å². The van der Waals surface area contributed by atoms with Crippen LogP contribution in [0.1, 0.15) is 26.2 Å². The normalized spacial score (nSPS) is 26.3. The maximum Gasteiger partial charge on any atom is 0.317 e. The van der Waals surface area contributed by atoms with E-state index in [0.717, 1.165) is 24.5 Å². The number of nitrogens with one attached hydrogen (secondary N) is 1. The van der Waals surface area contributed by atoms with E-state index in [2.05, 4.69) is 5.32 Å². The van der Waals surface area contributed by atoms with E-state index in [1.54, 1.807) is 0 Å². The van der Waals surface area contributed by atoms with Gasteiger partial charge in [-0.25, -0.2) is 4.79 Å². The first-order chi connectivity index (χ1) is 8.55. The first-order valence-electron chi connectivity index (χ1n) is 6.41. The summed E-state index contributed by atoms with van der Waals surface area (Å²) in [5.41, 5.74) is -0.705. The lowest BCUT2D eigenvalue weighted by molar-refractivity contribution is -0.153. The van der Waals surface area contributed by atoms with Gasteiger partial charge in [-0.05, 0) is 19.8 Å². The monoisotopic (exact) mass is 272 g/mol.